The molecule has 21 heavy (non-hydrogen) atoms. The van der Waals surface area contributed by atoms with Gasteiger partial charge in [-0.1, -0.05) is 70.4 Å². The van der Waals surface area contributed by atoms with Crippen LogP contribution in [0.2, 0.25) is 0 Å². The number of rotatable bonds is 15. The second-order valence-corrected chi connectivity index (χ2v) is 5.73. The first kappa shape index (κ1) is 23.4. The minimum absolute atomic E-state index is 0. The van der Waals surface area contributed by atoms with Gasteiger partial charge in [0.15, 0.2) is 0 Å². The van der Waals surface area contributed by atoms with Crippen LogP contribution < -0.4 is 0 Å². The second-order valence-electron chi connectivity index (χ2n) is 5.73. The zero-order valence-electron chi connectivity index (χ0n) is 14.1. The van der Waals surface area contributed by atoms with Crippen LogP contribution in [0.15, 0.2) is 12.2 Å². The van der Waals surface area contributed by atoms with Gasteiger partial charge in [0, 0.05) is 6.42 Å². The van der Waals surface area contributed by atoms with Crippen LogP contribution in [0.5, 0.6) is 0 Å². The van der Waals surface area contributed by atoms with E-state index in [0.717, 1.165) is 12.8 Å². The summed E-state index contributed by atoms with van der Waals surface area (Å²) in [5.41, 5.74) is 0. The first-order valence-corrected chi connectivity index (χ1v) is 8.64. The third kappa shape index (κ3) is 22.5. The van der Waals surface area contributed by atoms with Crippen molar-refractivity contribution >= 4 is 32.2 Å². The molecule has 0 radical (unpaired) electrons. The molecular weight excluding hydrogens is 457 g/mol. The van der Waals surface area contributed by atoms with Crippen LogP contribution in [-0.4, -0.2) is 37.3 Å². The molecule has 3 heteroatoms. The van der Waals surface area contributed by atoms with Crippen molar-refractivity contribution in [3.8, 4) is 0 Å². The Morgan fingerprint density at radius 3 is 1.67 bits per heavy atom. The summed E-state index contributed by atoms with van der Waals surface area (Å²) in [6.07, 6.45) is 21.2. The molecule has 0 saturated carbocycles. The van der Waals surface area contributed by atoms with Crippen molar-refractivity contribution in [2.24, 2.45) is 0 Å². The van der Waals surface area contributed by atoms with E-state index < -0.39 is 5.97 Å². The maximum atomic E-state index is 10.3. The number of hydrogen-bond acceptors (Lipinski definition) is 1. The van der Waals surface area contributed by atoms with Gasteiger partial charge in [-0.25, -0.2) is 0 Å². The van der Waals surface area contributed by atoms with Crippen molar-refractivity contribution in [2.45, 2.75) is 96.8 Å². The van der Waals surface area contributed by atoms with Gasteiger partial charge < -0.3 is 5.11 Å². The second kappa shape index (κ2) is 20.1. The molecule has 0 rings (SSSR count). The molecule has 0 aromatic rings. The molecule has 0 unspecified atom stereocenters. The zero-order valence-corrected chi connectivity index (χ0v) is 19.6. The number of hydrogen-bond donors (Lipinski definition) is 1. The van der Waals surface area contributed by atoms with Gasteiger partial charge in [0.05, 0.1) is 0 Å². The molecule has 0 aromatic carbocycles. The zero-order chi connectivity index (χ0) is 14.9. The first-order chi connectivity index (χ1) is 9.77. The van der Waals surface area contributed by atoms with Crippen molar-refractivity contribution in [3.63, 3.8) is 0 Å². The van der Waals surface area contributed by atoms with Crippen LogP contribution in [0.4, 0.5) is 0 Å². The van der Waals surface area contributed by atoms with E-state index in [0.29, 0.717) is 6.42 Å². The molecule has 0 fully saturated rings. The Kier molecular flexibility index (Phi) is 22.4. The van der Waals surface area contributed by atoms with Crippen molar-refractivity contribution in [1.29, 1.82) is 0 Å². The molecule has 0 spiro atoms. The molecule has 0 aromatic heterocycles. The van der Waals surface area contributed by atoms with Crippen LogP contribution in [0.3, 0.4) is 0 Å². The van der Waals surface area contributed by atoms with E-state index in [4.69, 9.17) is 5.11 Å². The average molecular weight is 494 g/mol. The third-order valence-corrected chi connectivity index (χ3v) is 3.65. The predicted molar refractivity (Wildman–Crippen MR) is 97.0 cm³/mol. The van der Waals surface area contributed by atoms with Crippen LogP contribution >= 0.6 is 0 Å². The molecular formula is C18H37BiO2. The molecule has 2 nitrogen and oxygen atoms in total. The number of aliphatic carboxylic acids is 1. The summed E-state index contributed by atoms with van der Waals surface area (Å²) in [4.78, 5) is 10.3. The van der Waals surface area contributed by atoms with Gasteiger partial charge in [-0.05, 0) is 32.1 Å². The summed E-state index contributed by atoms with van der Waals surface area (Å²) in [7, 11) is 0. The number of unbranched alkanes of at least 4 members (excludes halogenated alkanes) is 11. The standard InChI is InChI=1S/C18H34O2.Bi.3H/c1-2-3-4-5-6-7-8-9-10-11-12-13-14-15-16-17-18(19)20;;;;/h9-10H,2-8,11-17H2,1H3,(H,19,20);;;;. The molecule has 0 aliphatic rings. The van der Waals surface area contributed by atoms with E-state index in [1.807, 2.05) is 0 Å². The SMILES string of the molecule is CCCCCCCCC=CCCCCCCCC(=O)O.[BiH3]. The van der Waals surface area contributed by atoms with E-state index in [1.165, 1.54) is 70.6 Å². The molecule has 0 aliphatic carbocycles. The summed E-state index contributed by atoms with van der Waals surface area (Å²) in [5, 5.41) is 8.51. The molecule has 0 atom stereocenters. The number of carbonyl (C=O) groups is 1. The first-order valence-electron chi connectivity index (χ1n) is 8.64. The quantitative estimate of drug-likeness (QED) is 0.199. The van der Waals surface area contributed by atoms with E-state index in [2.05, 4.69) is 19.1 Å². The topological polar surface area (TPSA) is 37.3 Å². The fraction of sp³-hybridized carbons (Fsp3) is 0.833. The van der Waals surface area contributed by atoms with Crippen molar-refractivity contribution in [2.75, 3.05) is 0 Å². The molecule has 0 aliphatic heterocycles. The van der Waals surface area contributed by atoms with Gasteiger partial charge >= 0.3 is 32.2 Å². The fourth-order valence-electron chi connectivity index (χ4n) is 2.35. The Bertz CT molecular complexity index is 239. The van der Waals surface area contributed by atoms with Crippen molar-refractivity contribution in [1.82, 2.24) is 0 Å². The molecule has 126 valence electrons. The summed E-state index contributed by atoms with van der Waals surface area (Å²) in [5.74, 6) is -0.664. The monoisotopic (exact) mass is 494 g/mol. The predicted octanol–water partition coefficient (Wildman–Crippen LogP) is 4.92. The van der Waals surface area contributed by atoms with E-state index in [1.54, 1.807) is 0 Å². The molecule has 0 amide bonds. The number of carboxylic acid groups (broad SMARTS) is 1. The Balaban J connectivity index is 0. The van der Waals surface area contributed by atoms with Crippen LogP contribution in [0.25, 0.3) is 0 Å². The summed E-state index contributed by atoms with van der Waals surface area (Å²) in [6.45, 7) is 2.26. The van der Waals surface area contributed by atoms with E-state index >= 15 is 0 Å². The van der Waals surface area contributed by atoms with Gasteiger partial charge in [0.1, 0.15) is 0 Å². The van der Waals surface area contributed by atoms with Gasteiger partial charge in [0.2, 0.25) is 0 Å². The van der Waals surface area contributed by atoms with Gasteiger partial charge in [-0.15, -0.1) is 0 Å². The molecule has 1 N–H and O–H groups in total. The Labute approximate surface area is 150 Å². The normalized spacial score (nSPS) is 10.7. The fourth-order valence-corrected chi connectivity index (χ4v) is 2.35. The Hall–Kier alpha value is 0.0931. The minimum atomic E-state index is -0.664. The average Bonchev–Trinajstić information content (AvgIpc) is 2.43. The number of allylic oxidation sites excluding steroid dienone is 2. The molecule has 0 bridgehead atoms. The van der Waals surface area contributed by atoms with Gasteiger partial charge in [-0.2, -0.15) is 0 Å². The van der Waals surface area contributed by atoms with Crippen LogP contribution in [-0.2, 0) is 4.79 Å². The Morgan fingerprint density at radius 2 is 1.19 bits per heavy atom. The molecule has 0 heterocycles. The summed E-state index contributed by atoms with van der Waals surface area (Å²) < 4.78 is 0. The van der Waals surface area contributed by atoms with E-state index in [9.17, 15) is 4.79 Å². The van der Waals surface area contributed by atoms with Gasteiger partial charge in [-0.3, -0.25) is 4.79 Å². The maximum absolute atomic E-state index is 10.3. The van der Waals surface area contributed by atoms with Crippen molar-refractivity contribution in [3.05, 3.63) is 12.2 Å². The van der Waals surface area contributed by atoms with Crippen LogP contribution in [0.1, 0.15) is 96.8 Å². The number of carboxylic acids is 1. The summed E-state index contributed by atoms with van der Waals surface area (Å²) >= 11 is 0. The third-order valence-electron chi connectivity index (χ3n) is 3.65. The van der Waals surface area contributed by atoms with Crippen LogP contribution in [0, 0.1) is 0 Å². The van der Waals surface area contributed by atoms with E-state index in [-0.39, 0.29) is 26.2 Å². The van der Waals surface area contributed by atoms with Crippen molar-refractivity contribution < 1.29 is 9.90 Å². The Morgan fingerprint density at radius 1 is 0.762 bits per heavy atom. The molecule has 0 saturated heterocycles. The van der Waals surface area contributed by atoms with Gasteiger partial charge in [0.25, 0.3) is 0 Å². The summed E-state index contributed by atoms with van der Waals surface area (Å²) in [6, 6.07) is 0.